The molecule has 6 nitrogen and oxygen atoms in total. The van der Waals surface area contributed by atoms with E-state index in [-0.39, 0.29) is 12.4 Å². The molecule has 0 spiro atoms. The average molecular weight is 407 g/mol. The molecule has 2 aromatic rings. The number of rotatable bonds is 5. The van der Waals surface area contributed by atoms with E-state index < -0.39 is 28.8 Å². The fraction of sp³-hybridized carbons (Fsp3) is 0.429. The van der Waals surface area contributed by atoms with Gasteiger partial charge in [0.25, 0.3) is 0 Å². The predicted octanol–water partition coefficient (Wildman–Crippen LogP) is 1.53. The van der Waals surface area contributed by atoms with Crippen LogP contribution < -0.4 is 4.74 Å². The third kappa shape index (κ3) is 4.14. The Labute approximate surface area is 168 Å². The summed E-state index contributed by atoms with van der Waals surface area (Å²) in [6.07, 6.45) is -3.25. The maximum atomic E-state index is 10.5. The molecule has 1 heterocycles. The van der Waals surface area contributed by atoms with Gasteiger partial charge < -0.3 is 30.3 Å². The number of ether oxygens (including phenoxy) is 1. The Kier molecular flexibility index (Phi) is 6.52. The van der Waals surface area contributed by atoms with Gasteiger partial charge >= 0.3 is 0 Å². The number of aliphatic hydroxyl groups excluding tert-OH is 4. The van der Waals surface area contributed by atoms with Crippen LogP contribution in [0.25, 0.3) is 0 Å². The molecule has 3 rings (SSSR count). The molecule has 0 radical (unpaired) electrons. The number of aliphatic hydroxyl groups is 4. The van der Waals surface area contributed by atoms with Gasteiger partial charge in [0.1, 0.15) is 17.6 Å². The SMILES string of the molecule is COc1ccc(Cc2cc([C@@H]3S[C@H](CO)[C@@H](O)[C@H](O)[C@H]3O)c(O)cc2C)cc1. The average Bonchev–Trinajstić information content (AvgIpc) is 2.69. The first-order valence-electron chi connectivity index (χ1n) is 9.11. The van der Waals surface area contributed by atoms with E-state index in [4.69, 9.17) is 4.74 Å². The standard InChI is InChI=1S/C21H26O6S/c1-11-7-16(23)15(21-20(26)19(25)18(24)17(10-22)28-21)9-13(11)8-12-3-5-14(27-2)6-4-12/h3-7,9,17-26H,8,10H2,1-2H3/t17-,18-,19+,20-,21+/m1/s1. The van der Waals surface area contributed by atoms with Gasteiger partial charge in [-0.1, -0.05) is 18.2 Å². The van der Waals surface area contributed by atoms with Gasteiger partial charge in [0.05, 0.1) is 36.4 Å². The topological polar surface area (TPSA) is 110 Å². The van der Waals surface area contributed by atoms with Crippen molar-refractivity contribution in [2.75, 3.05) is 13.7 Å². The molecule has 0 saturated carbocycles. The van der Waals surface area contributed by atoms with E-state index in [1.807, 2.05) is 37.3 Å². The smallest absolute Gasteiger partial charge is 0.120 e. The minimum Gasteiger partial charge on any atom is -0.508 e. The fourth-order valence-electron chi connectivity index (χ4n) is 3.50. The molecule has 0 aliphatic carbocycles. The zero-order valence-corrected chi connectivity index (χ0v) is 16.6. The van der Waals surface area contributed by atoms with E-state index in [1.165, 1.54) is 0 Å². The van der Waals surface area contributed by atoms with Gasteiger partial charge in [0.2, 0.25) is 0 Å². The number of aromatic hydroxyl groups is 1. The fourth-order valence-corrected chi connectivity index (χ4v) is 4.94. The van der Waals surface area contributed by atoms with E-state index in [2.05, 4.69) is 0 Å². The molecule has 152 valence electrons. The minimum atomic E-state index is -1.39. The van der Waals surface area contributed by atoms with Crippen LogP contribution in [0.4, 0.5) is 0 Å². The molecule has 0 aromatic heterocycles. The van der Waals surface area contributed by atoms with Gasteiger partial charge in [0.15, 0.2) is 0 Å². The summed E-state index contributed by atoms with van der Waals surface area (Å²) in [7, 11) is 1.61. The van der Waals surface area contributed by atoms with E-state index >= 15 is 0 Å². The second-order valence-electron chi connectivity index (χ2n) is 7.11. The Morgan fingerprint density at radius 1 is 1.00 bits per heavy atom. The van der Waals surface area contributed by atoms with Crippen LogP contribution >= 0.6 is 11.8 Å². The summed E-state index contributed by atoms with van der Waals surface area (Å²) in [6, 6.07) is 11.2. The molecule has 5 N–H and O–H groups in total. The number of hydrogen-bond acceptors (Lipinski definition) is 7. The van der Waals surface area contributed by atoms with Crippen LogP contribution in [0.5, 0.6) is 11.5 Å². The number of hydrogen-bond donors (Lipinski definition) is 5. The summed E-state index contributed by atoms with van der Waals surface area (Å²) in [5.41, 5.74) is 3.44. The Hall–Kier alpha value is -1.77. The number of benzene rings is 2. The van der Waals surface area contributed by atoms with Crippen LogP contribution in [-0.4, -0.2) is 62.8 Å². The number of phenols is 1. The summed E-state index contributed by atoms with van der Waals surface area (Å²) in [6.45, 7) is 1.57. The largest absolute Gasteiger partial charge is 0.508 e. The lowest BCUT2D eigenvalue weighted by atomic mass is 9.92. The van der Waals surface area contributed by atoms with Gasteiger partial charge in [-0.05, 0) is 48.2 Å². The van der Waals surface area contributed by atoms with Crippen molar-refractivity contribution in [3.05, 3.63) is 58.7 Å². The molecule has 7 heteroatoms. The van der Waals surface area contributed by atoms with Crippen LogP contribution in [0.3, 0.4) is 0 Å². The monoisotopic (exact) mass is 406 g/mol. The van der Waals surface area contributed by atoms with Gasteiger partial charge in [-0.2, -0.15) is 0 Å². The van der Waals surface area contributed by atoms with Crippen molar-refractivity contribution in [3.8, 4) is 11.5 Å². The van der Waals surface area contributed by atoms with Crippen molar-refractivity contribution in [2.45, 2.75) is 42.2 Å². The Bertz CT molecular complexity index is 807. The summed E-state index contributed by atoms with van der Waals surface area (Å²) in [5, 5.41) is 49.3. The normalized spacial score (nSPS) is 27.6. The summed E-state index contributed by atoms with van der Waals surface area (Å²) in [4.78, 5) is 0. The third-order valence-corrected chi connectivity index (χ3v) is 6.84. The highest BCUT2D eigenvalue weighted by atomic mass is 32.2. The van der Waals surface area contributed by atoms with Crippen molar-refractivity contribution < 1.29 is 30.3 Å². The summed E-state index contributed by atoms with van der Waals surface area (Å²) < 4.78 is 5.18. The van der Waals surface area contributed by atoms with Crippen molar-refractivity contribution in [1.29, 1.82) is 0 Å². The molecule has 1 saturated heterocycles. The van der Waals surface area contributed by atoms with Gasteiger partial charge in [-0.3, -0.25) is 0 Å². The number of aryl methyl sites for hydroxylation is 1. The second kappa shape index (κ2) is 8.71. The van der Waals surface area contributed by atoms with E-state index in [0.29, 0.717) is 12.0 Å². The van der Waals surface area contributed by atoms with E-state index in [9.17, 15) is 25.5 Å². The van der Waals surface area contributed by atoms with Crippen LogP contribution in [0, 0.1) is 6.92 Å². The molecule has 1 aliphatic rings. The number of phenolic OH excluding ortho intramolecular Hbond substituents is 1. The van der Waals surface area contributed by atoms with Crippen LogP contribution in [0.2, 0.25) is 0 Å². The summed E-state index contributed by atoms with van der Waals surface area (Å²) >= 11 is 1.16. The van der Waals surface area contributed by atoms with Crippen molar-refractivity contribution in [2.24, 2.45) is 0 Å². The highest BCUT2D eigenvalue weighted by molar-refractivity contribution is 8.00. The second-order valence-corrected chi connectivity index (χ2v) is 8.50. The Morgan fingerprint density at radius 3 is 2.29 bits per heavy atom. The lowest BCUT2D eigenvalue weighted by Gasteiger charge is -2.40. The maximum absolute atomic E-state index is 10.5. The van der Waals surface area contributed by atoms with Crippen molar-refractivity contribution in [1.82, 2.24) is 0 Å². The zero-order valence-electron chi connectivity index (χ0n) is 15.8. The van der Waals surface area contributed by atoms with E-state index in [0.717, 1.165) is 34.2 Å². The molecule has 1 aliphatic heterocycles. The highest BCUT2D eigenvalue weighted by Crippen LogP contribution is 2.46. The van der Waals surface area contributed by atoms with Crippen molar-refractivity contribution >= 4 is 11.8 Å². The number of methoxy groups -OCH3 is 1. The first kappa shape index (κ1) is 21.0. The lowest BCUT2D eigenvalue weighted by Crippen LogP contribution is -2.51. The van der Waals surface area contributed by atoms with E-state index in [1.54, 1.807) is 13.2 Å². The van der Waals surface area contributed by atoms with Gasteiger partial charge in [-0.25, -0.2) is 0 Å². The zero-order chi connectivity index (χ0) is 20.4. The van der Waals surface area contributed by atoms with Crippen molar-refractivity contribution in [3.63, 3.8) is 0 Å². The maximum Gasteiger partial charge on any atom is 0.120 e. The molecule has 0 bridgehead atoms. The highest BCUT2D eigenvalue weighted by Gasteiger charge is 2.44. The summed E-state index contributed by atoms with van der Waals surface area (Å²) in [5.74, 6) is 0.795. The number of thioether (sulfide) groups is 1. The van der Waals surface area contributed by atoms with Crippen LogP contribution in [0.1, 0.15) is 27.5 Å². The predicted molar refractivity (Wildman–Crippen MR) is 108 cm³/mol. The third-order valence-electron chi connectivity index (χ3n) is 5.24. The molecular formula is C21H26O6S. The van der Waals surface area contributed by atoms with Crippen LogP contribution in [-0.2, 0) is 6.42 Å². The minimum absolute atomic E-state index is 0.0211. The first-order valence-corrected chi connectivity index (χ1v) is 10.1. The van der Waals surface area contributed by atoms with Crippen LogP contribution in [0.15, 0.2) is 36.4 Å². The van der Waals surface area contributed by atoms with Gasteiger partial charge in [-0.15, -0.1) is 11.8 Å². The quantitative estimate of drug-likeness (QED) is 0.512. The lowest BCUT2D eigenvalue weighted by molar-refractivity contribution is -0.0701. The first-order chi connectivity index (χ1) is 13.3. The molecule has 2 aromatic carbocycles. The Balaban J connectivity index is 1.92. The van der Waals surface area contributed by atoms with Gasteiger partial charge in [0, 0.05) is 5.56 Å². The molecule has 0 unspecified atom stereocenters. The molecule has 1 fully saturated rings. The molecular weight excluding hydrogens is 380 g/mol. The molecule has 0 amide bonds. The molecule has 28 heavy (non-hydrogen) atoms. The Morgan fingerprint density at radius 2 is 1.68 bits per heavy atom. The molecule has 5 atom stereocenters.